The Bertz CT molecular complexity index is 289. The SMILES string of the molecule is C=CC(CCCO[Si](C)(C)C(C)C)C(O)C(=O)OC. The zero-order chi connectivity index (χ0) is 15.1. The van der Waals surface area contributed by atoms with Gasteiger partial charge in [0.25, 0.3) is 0 Å². The lowest BCUT2D eigenvalue weighted by Gasteiger charge is -2.27. The van der Waals surface area contributed by atoms with Crippen molar-refractivity contribution in [2.45, 2.75) is 51.4 Å². The van der Waals surface area contributed by atoms with Gasteiger partial charge in [-0.3, -0.25) is 0 Å². The van der Waals surface area contributed by atoms with Crippen molar-refractivity contribution in [2.75, 3.05) is 13.7 Å². The van der Waals surface area contributed by atoms with E-state index in [2.05, 4.69) is 38.3 Å². The second-order valence-corrected chi connectivity index (χ2v) is 10.3. The van der Waals surface area contributed by atoms with Crippen molar-refractivity contribution in [1.82, 2.24) is 0 Å². The van der Waals surface area contributed by atoms with E-state index in [9.17, 15) is 9.90 Å². The first-order valence-corrected chi connectivity index (χ1v) is 9.77. The normalized spacial score (nSPS) is 15.1. The summed E-state index contributed by atoms with van der Waals surface area (Å²) in [4.78, 5) is 11.2. The molecule has 2 atom stereocenters. The number of hydrogen-bond acceptors (Lipinski definition) is 4. The molecule has 0 aliphatic heterocycles. The van der Waals surface area contributed by atoms with Crippen LogP contribution < -0.4 is 0 Å². The molecular weight excluding hydrogens is 260 g/mol. The Morgan fingerprint density at radius 2 is 2.00 bits per heavy atom. The van der Waals surface area contributed by atoms with Gasteiger partial charge in [-0.1, -0.05) is 19.9 Å². The van der Waals surface area contributed by atoms with E-state index in [1.54, 1.807) is 6.08 Å². The van der Waals surface area contributed by atoms with Crippen LogP contribution in [0.2, 0.25) is 18.6 Å². The van der Waals surface area contributed by atoms with Crippen molar-refractivity contribution in [3.8, 4) is 0 Å². The number of carbonyl (C=O) groups excluding carboxylic acids is 1. The zero-order valence-electron chi connectivity index (χ0n) is 12.8. The molecule has 4 nitrogen and oxygen atoms in total. The van der Waals surface area contributed by atoms with Gasteiger partial charge in [0.15, 0.2) is 14.4 Å². The van der Waals surface area contributed by atoms with Gasteiger partial charge in [0.1, 0.15) is 0 Å². The molecule has 112 valence electrons. The second kappa shape index (κ2) is 8.50. The lowest BCUT2D eigenvalue weighted by Crippen LogP contribution is -2.34. The summed E-state index contributed by atoms with van der Waals surface area (Å²) in [6, 6.07) is 0. The van der Waals surface area contributed by atoms with Gasteiger partial charge < -0.3 is 14.3 Å². The largest absolute Gasteiger partial charge is 0.467 e. The summed E-state index contributed by atoms with van der Waals surface area (Å²) in [7, 11) is -0.329. The Labute approximate surface area is 117 Å². The first-order chi connectivity index (χ1) is 8.76. The van der Waals surface area contributed by atoms with E-state index in [-0.39, 0.29) is 5.92 Å². The van der Waals surface area contributed by atoms with E-state index in [1.807, 2.05) is 0 Å². The van der Waals surface area contributed by atoms with E-state index in [0.29, 0.717) is 18.6 Å². The Morgan fingerprint density at radius 3 is 2.42 bits per heavy atom. The minimum atomic E-state index is -1.60. The number of aliphatic hydroxyl groups is 1. The average molecular weight is 288 g/mol. The predicted octanol–water partition coefficient (Wildman–Crippen LogP) is 2.73. The van der Waals surface area contributed by atoms with Crippen LogP contribution >= 0.6 is 0 Å². The molecule has 19 heavy (non-hydrogen) atoms. The molecular formula is C14H28O4Si. The lowest BCUT2D eigenvalue weighted by molar-refractivity contribution is -0.152. The first kappa shape index (κ1) is 18.3. The maximum absolute atomic E-state index is 11.2. The van der Waals surface area contributed by atoms with E-state index >= 15 is 0 Å². The van der Waals surface area contributed by atoms with E-state index in [0.717, 1.165) is 6.42 Å². The topological polar surface area (TPSA) is 55.8 Å². The minimum Gasteiger partial charge on any atom is -0.467 e. The van der Waals surface area contributed by atoms with Crippen molar-refractivity contribution in [1.29, 1.82) is 0 Å². The third-order valence-corrected chi connectivity index (χ3v) is 7.43. The highest BCUT2D eigenvalue weighted by molar-refractivity contribution is 6.72. The van der Waals surface area contributed by atoms with Gasteiger partial charge in [0.2, 0.25) is 0 Å². The fourth-order valence-corrected chi connectivity index (χ4v) is 2.52. The summed E-state index contributed by atoms with van der Waals surface area (Å²) in [5.41, 5.74) is 0.573. The fourth-order valence-electron chi connectivity index (χ4n) is 1.52. The summed E-state index contributed by atoms with van der Waals surface area (Å²) in [6.45, 7) is 13.1. The molecule has 0 rings (SSSR count). The standard InChI is InChI=1S/C14H28O4Si/c1-7-12(13(15)14(16)17-4)9-8-10-18-19(5,6)11(2)3/h7,11-13,15H,1,8-10H2,2-6H3. The van der Waals surface area contributed by atoms with Gasteiger partial charge in [0, 0.05) is 12.5 Å². The minimum absolute atomic E-state index is 0.278. The van der Waals surface area contributed by atoms with Crippen molar-refractivity contribution < 1.29 is 19.1 Å². The van der Waals surface area contributed by atoms with Crippen LogP contribution in [0.15, 0.2) is 12.7 Å². The Hall–Kier alpha value is -0.653. The summed E-state index contributed by atoms with van der Waals surface area (Å²) >= 11 is 0. The van der Waals surface area contributed by atoms with Crippen LogP contribution in [-0.4, -0.2) is 39.2 Å². The maximum atomic E-state index is 11.2. The van der Waals surface area contributed by atoms with Crippen LogP contribution in [-0.2, 0) is 14.0 Å². The van der Waals surface area contributed by atoms with Crippen LogP contribution in [0, 0.1) is 5.92 Å². The molecule has 5 heteroatoms. The van der Waals surface area contributed by atoms with Gasteiger partial charge >= 0.3 is 5.97 Å². The van der Waals surface area contributed by atoms with Gasteiger partial charge in [-0.2, -0.15) is 0 Å². The maximum Gasteiger partial charge on any atom is 0.335 e. The highest BCUT2D eigenvalue weighted by atomic mass is 28.4. The molecule has 0 saturated carbocycles. The predicted molar refractivity (Wildman–Crippen MR) is 79.5 cm³/mol. The van der Waals surface area contributed by atoms with E-state index in [4.69, 9.17) is 4.43 Å². The highest BCUT2D eigenvalue weighted by Gasteiger charge is 2.27. The summed E-state index contributed by atoms with van der Waals surface area (Å²) in [5, 5.41) is 9.75. The molecule has 0 fully saturated rings. The number of hydrogen-bond donors (Lipinski definition) is 1. The van der Waals surface area contributed by atoms with Crippen molar-refractivity contribution in [2.24, 2.45) is 5.92 Å². The first-order valence-electron chi connectivity index (χ1n) is 6.78. The monoisotopic (exact) mass is 288 g/mol. The van der Waals surface area contributed by atoms with Crippen molar-refractivity contribution in [3.63, 3.8) is 0 Å². The number of aliphatic hydroxyl groups excluding tert-OH is 1. The van der Waals surface area contributed by atoms with E-state index in [1.165, 1.54) is 7.11 Å². The average Bonchev–Trinajstić information content (AvgIpc) is 2.36. The Balaban J connectivity index is 4.11. The molecule has 0 bridgehead atoms. The summed E-state index contributed by atoms with van der Waals surface area (Å²) in [6.07, 6.45) is 1.95. The second-order valence-electron chi connectivity index (χ2n) is 5.62. The number of methoxy groups -OCH3 is 1. The summed E-state index contributed by atoms with van der Waals surface area (Å²) in [5.74, 6) is -0.886. The van der Waals surface area contributed by atoms with Crippen LogP contribution in [0.25, 0.3) is 0 Å². The molecule has 0 aliphatic carbocycles. The van der Waals surface area contributed by atoms with Crippen LogP contribution in [0.4, 0.5) is 0 Å². The number of rotatable bonds is 9. The lowest BCUT2D eigenvalue weighted by atomic mass is 9.97. The molecule has 0 heterocycles. The van der Waals surface area contributed by atoms with Crippen molar-refractivity contribution in [3.05, 3.63) is 12.7 Å². The van der Waals surface area contributed by atoms with Crippen molar-refractivity contribution >= 4 is 14.3 Å². The quantitative estimate of drug-likeness (QED) is 0.307. The molecule has 0 amide bonds. The molecule has 0 aromatic carbocycles. The molecule has 2 unspecified atom stereocenters. The third-order valence-electron chi connectivity index (χ3n) is 3.70. The Kier molecular flexibility index (Phi) is 8.21. The van der Waals surface area contributed by atoms with Crippen LogP contribution in [0.1, 0.15) is 26.7 Å². The number of esters is 1. The molecule has 0 aliphatic rings. The highest BCUT2D eigenvalue weighted by Crippen LogP contribution is 2.22. The molecule has 1 N–H and O–H groups in total. The number of carbonyl (C=O) groups is 1. The van der Waals surface area contributed by atoms with Gasteiger partial charge in [-0.15, -0.1) is 6.58 Å². The number of ether oxygens (including phenoxy) is 1. The van der Waals surface area contributed by atoms with Gasteiger partial charge in [0.05, 0.1) is 7.11 Å². The molecule has 0 aromatic heterocycles. The molecule has 0 aromatic rings. The fraction of sp³-hybridized carbons (Fsp3) is 0.786. The van der Waals surface area contributed by atoms with E-state index < -0.39 is 20.4 Å². The molecule has 0 saturated heterocycles. The van der Waals surface area contributed by atoms with Gasteiger partial charge in [-0.25, -0.2) is 4.79 Å². The van der Waals surface area contributed by atoms with Crippen LogP contribution in [0.5, 0.6) is 0 Å². The summed E-state index contributed by atoms with van der Waals surface area (Å²) < 4.78 is 10.5. The van der Waals surface area contributed by atoms with Gasteiger partial charge in [-0.05, 0) is 31.5 Å². The molecule has 0 radical (unpaired) electrons. The smallest absolute Gasteiger partial charge is 0.335 e. The third kappa shape index (κ3) is 6.36. The molecule has 0 spiro atoms. The van der Waals surface area contributed by atoms with Crippen LogP contribution in [0.3, 0.4) is 0 Å². The zero-order valence-corrected chi connectivity index (χ0v) is 13.8. The Morgan fingerprint density at radius 1 is 1.42 bits per heavy atom.